The summed E-state index contributed by atoms with van der Waals surface area (Å²) in [5.74, 6) is -2.56. The Labute approximate surface area is 166 Å². The Bertz CT molecular complexity index is 256. The number of rotatable bonds is 9. The van der Waals surface area contributed by atoms with Crippen molar-refractivity contribution < 1.29 is 78.9 Å². The predicted molar refractivity (Wildman–Crippen MR) is 65.1 cm³/mol. The van der Waals surface area contributed by atoms with E-state index in [1.54, 1.807) is 0 Å². The molecule has 0 N–H and O–H groups in total. The number of hydrogen-bond donors (Lipinski definition) is 0. The van der Waals surface area contributed by atoms with Crippen molar-refractivity contribution in [3.63, 3.8) is 0 Å². The van der Waals surface area contributed by atoms with Gasteiger partial charge in [-0.2, -0.15) is 0 Å². The Morgan fingerprint density at radius 1 is 0.800 bits per heavy atom. The van der Waals surface area contributed by atoms with Crippen LogP contribution in [0.4, 0.5) is 0 Å². The van der Waals surface area contributed by atoms with E-state index in [0.717, 1.165) is 0 Å². The van der Waals surface area contributed by atoms with Gasteiger partial charge in [0, 0.05) is 11.9 Å². The van der Waals surface area contributed by atoms with Gasteiger partial charge in [0.25, 0.3) is 0 Å². The molecule has 0 saturated carbocycles. The first-order valence-corrected chi connectivity index (χ1v) is 6.75. The Balaban J connectivity index is -0.00000144. The third-order valence-corrected chi connectivity index (χ3v) is 3.94. The van der Waals surface area contributed by atoms with Crippen molar-refractivity contribution in [2.24, 2.45) is 23.7 Å². The smallest absolute Gasteiger partial charge is 0.550 e. The molecule has 20 heavy (non-hydrogen) atoms. The second-order valence-electron chi connectivity index (χ2n) is 5.27. The van der Waals surface area contributed by atoms with Crippen LogP contribution in [0.2, 0.25) is 0 Å². The van der Waals surface area contributed by atoms with E-state index in [1.165, 1.54) is 0 Å². The molecule has 0 aliphatic heterocycles. The normalized spacial score (nSPS) is 16.0. The first-order valence-electron chi connectivity index (χ1n) is 6.75. The average Bonchev–Trinajstić information content (AvgIpc) is 2.31. The Hall–Kier alpha value is 0.940. The predicted octanol–water partition coefficient (Wildman–Crippen LogP) is -5.40. The van der Waals surface area contributed by atoms with E-state index < -0.39 is 23.8 Å². The topological polar surface area (TPSA) is 80.3 Å². The Morgan fingerprint density at radius 2 is 1.05 bits per heavy atom. The number of carboxylic acids is 2. The minimum Gasteiger partial charge on any atom is -0.550 e. The third-order valence-electron chi connectivity index (χ3n) is 3.94. The molecule has 0 aromatic rings. The van der Waals surface area contributed by atoms with Crippen molar-refractivity contribution in [1.82, 2.24) is 0 Å². The van der Waals surface area contributed by atoms with Crippen molar-refractivity contribution in [2.75, 3.05) is 0 Å². The number of hydrogen-bond acceptors (Lipinski definition) is 4. The quantitative estimate of drug-likeness (QED) is 0.398. The van der Waals surface area contributed by atoms with Crippen LogP contribution in [-0.2, 0) is 9.59 Å². The van der Waals surface area contributed by atoms with Gasteiger partial charge >= 0.3 is 59.1 Å². The molecule has 0 rings (SSSR count). The van der Waals surface area contributed by atoms with Crippen molar-refractivity contribution in [3.8, 4) is 0 Å². The molecule has 0 aliphatic carbocycles. The Kier molecular flexibility index (Phi) is 17.6. The standard InChI is InChI=1S/C14H26O4.2Na/c1-5-11(13(15)16)7-9(3)10(4)8-12(6-2)14(17)18;;/h9-12H,5-8H2,1-4H3,(H,15,16)(H,17,18);;/q;2*+1/p-2. The van der Waals surface area contributed by atoms with E-state index in [9.17, 15) is 19.8 Å². The van der Waals surface area contributed by atoms with Crippen LogP contribution in [0.25, 0.3) is 0 Å². The Morgan fingerprint density at radius 3 is 1.20 bits per heavy atom. The van der Waals surface area contributed by atoms with Crippen LogP contribution in [0.3, 0.4) is 0 Å². The zero-order valence-electron chi connectivity index (χ0n) is 13.8. The largest absolute Gasteiger partial charge is 1.00 e. The molecule has 0 aromatic carbocycles. The molecule has 4 atom stereocenters. The summed E-state index contributed by atoms with van der Waals surface area (Å²) < 4.78 is 0. The number of carboxylic acid groups (broad SMARTS) is 2. The molecule has 0 saturated heterocycles. The molecule has 0 bridgehead atoms. The van der Waals surface area contributed by atoms with Crippen LogP contribution in [0.15, 0.2) is 0 Å². The van der Waals surface area contributed by atoms with Gasteiger partial charge in [0.15, 0.2) is 0 Å². The molecular weight excluding hydrogens is 278 g/mol. The van der Waals surface area contributed by atoms with E-state index in [-0.39, 0.29) is 71.0 Å². The molecular formula is C14H24Na2O4. The van der Waals surface area contributed by atoms with E-state index >= 15 is 0 Å². The number of carbonyl (C=O) groups excluding carboxylic acids is 2. The van der Waals surface area contributed by atoms with Crippen LogP contribution in [0.1, 0.15) is 53.4 Å². The maximum absolute atomic E-state index is 10.9. The molecule has 106 valence electrons. The maximum Gasteiger partial charge on any atom is 1.00 e. The van der Waals surface area contributed by atoms with Crippen LogP contribution in [-0.4, -0.2) is 11.9 Å². The zero-order chi connectivity index (χ0) is 14.3. The molecule has 0 spiro atoms. The van der Waals surface area contributed by atoms with Crippen LogP contribution >= 0.6 is 0 Å². The van der Waals surface area contributed by atoms with Crippen LogP contribution in [0.5, 0.6) is 0 Å². The molecule has 0 fully saturated rings. The fraction of sp³-hybridized carbons (Fsp3) is 0.857. The van der Waals surface area contributed by atoms with Crippen molar-refractivity contribution in [1.29, 1.82) is 0 Å². The minimum absolute atomic E-state index is 0. The summed E-state index contributed by atoms with van der Waals surface area (Å²) in [6.45, 7) is 7.60. The molecule has 4 unspecified atom stereocenters. The summed E-state index contributed by atoms with van der Waals surface area (Å²) in [6.07, 6.45) is 2.20. The van der Waals surface area contributed by atoms with Gasteiger partial charge < -0.3 is 19.8 Å². The van der Waals surface area contributed by atoms with Gasteiger partial charge in [-0.25, -0.2) is 0 Å². The summed E-state index contributed by atoms with van der Waals surface area (Å²) >= 11 is 0. The van der Waals surface area contributed by atoms with Crippen LogP contribution < -0.4 is 69.3 Å². The first-order chi connectivity index (χ1) is 8.33. The van der Waals surface area contributed by atoms with Gasteiger partial charge in [-0.15, -0.1) is 0 Å². The summed E-state index contributed by atoms with van der Waals surface area (Å²) in [7, 11) is 0. The van der Waals surface area contributed by atoms with E-state index in [2.05, 4.69) is 0 Å². The monoisotopic (exact) mass is 302 g/mol. The fourth-order valence-electron chi connectivity index (χ4n) is 2.22. The average molecular weight is 302 g/mol. The van der Waals surface area contributed by atoms with E-state index in [1.807, 2.05) is 27.7 Å². The number of aliphatic carboxylic acids is 2. The van der Waals surface area contributed by atoms with Crippen LogP contribution in [0, 0.1) is 23.7 Å². The van der Waals surface area contributed by atoms with Gasteiger partial charge in [0.2, 0.25) is 0 Å². The first kappa shape index (κ1) is 25.9. The number of carbonyl (C=O) groups is 2. The van der Waals surface area contributed by atoms with Gasteiger partial charge in [-0.05, 0) is 49.4 Å². The molecule has 0 aliphatic rings. The summed E-state index contributed by atoms with van der Waals surface area (Å²) in [5.41, 5.74) is 0. The SMILES string of the molecule is CCC(CC(C)C(C)CC(CC)C(=O)[O-])C(=O)[O-].[Na+].[Na+]. The molecule has 0 radical (unpaired) electrons. The molecule has 0 amide bonds. The van der Waals surface area contributed by atoms with Gasteiger partial charge in [0.05, 0.1) is 0 Å². The second-order valence-corrected chi connectivity index (χ2v) is 5.27. The fourth-order valence-corrected chi connectivity index (χ4v) is 2.22. The van der Waals surface area contributed by atoms with Gasteiger partial charge in [-0.1, -0.05) is 27.7 Å². The maximum atomic E-state index is 10.9. The molecule has 6 heteroatoms. The minimum atomic E-state index is -1.01. The van der Waals surface area contributed by atoms with Gasteiger partial charge in [-0.3, -0.25) is 0 Å². The third kappa shape index (κ3) is 9.80. The van der Waals surface area contributed by atoms with Crippen molar-refractivity contribution >= 4 is 11.9 Å². The van der Waals surface area contributed by atoms with Crippen molar-refractivity contribution in [2.45, 2.75) is 53.4 Å². The van der Waals surface area contributed by atoms with Crippen molar-refractivity contribution in [3.05, 3.63) is 0 Å². The van der Waals surface area contributed by atoms with E-state index in [4.69, 9.17) is 0 Å². The second kappa shape index (κ2) is 13.6. The summed E-state index contributed by atoms with van der Waals surface area (Å²) in [5, 5.41) is 21.7. The molecule has 4 nitrogen and oxygen atoms in total. The summed E-state index contributed by atoms with van der Waals surface area (Å²) in [4.78, 5) is 21.7. The molecule has 0 heterocycles. The van der Waals surface area contributed by atoms with Gasteiger partial charge in [0.1, 0.15) is 0 Å². The molecule has 0 aromatic heterocycles. The summed E-state index contributed by atoms with van der Waals surface area (Å²) in [6, 6.07) is 0. The zero-order valence-corrected chi connectivity index (χ0v) is 17.8. The van der Waals surface area contributed by atoms with E-state index in [0.29, 0.717) is 25.7 Å².